The molecule has 1 fully saturated rings. The number of amides is 1. The summed E-state index contributed by atoms with van der Waals surface area (Å²) in [6.45, 7) is 6.61. The van der Waals surface area contributed by atoms with Gasteiger partial charge in [0.1, 0.15) is 5.60 Å². The van der Waals surface area contributed by atoms with Gasteiger partial charge in [0.15, 0.2) is 0 Å². The molecule has 0 N–H and O–H groups in total. The summed E-state index contributed by atoms with van der Waals surface area (Å²) in [5.74, 6) is -0.175. The van der Waals surface area contributed by atoms with Crippen LogP contribution in [0.15, 0.2) is 0 Å². The van der Waals surface area contributed by atoms with Crippen LogP contribution in [0.3, 0.4) is 0 Å². The van der Waals surface area contributed by atoms with Crippen LogP contribution in [-0.4, -0.2) is 47.2 Å². The fourth-order valence-corrected chi connectivity index (χ4v) is 3.13. The van der Waals surface area contributed by atoms with Crippen molar-refractivity contribution in [3.63, 3.8) is 0 Å². The Morgan fingerprint density at radius 2 is 1.79 bits per heavy atom. The number of esters is 1. The summed E-state index contributed by atoms with van der Waals surface area (Å²) < 4.78 is 10.9. The van der Waals surface area contributed by atoms with E-state index in [0.29, 0.717) is 30.4 Å². The second-order valence-electron chi connectivity index (χ2n) is 5.87. The number of rotatable bonds is 2. The highest BCUT2D eigenvalue weighted by Gasteiger charge is 2.43. The molecule has 0 radical (unpaired) electrons. The maximum atomic E-state index is 11.9. The van der Waals surface area contributed by atoms with Crippen molar-refractivity contribution in [2.75, 3.05) is 24.6 Å². The van der Waals surface area contributed by atoms with Crippen LogP contribution in [0.5, 0.6) is 0 Å². The second kappa shape index (κ2) is 6.28. The molecule has 0 saturated carbocycles. The third-order valence-corrected chi connectivity index (χ3v) is 4.71. The standard InChI is InChI=1S/C13H22INO4/c1-12(2,3)19-11(17)15-7-5-13(9-14,6-8-15)10(16)18-4/h5-9H2,1-4H3. The topological polar surface area (TPSA) is 55.8 Å². The molecule has 0 aromatic rings. The highest BCUT2D eigenvalue weighted by Crippen LogP contribution is 2.35. The van der Waals surface area contributed by atoms with E-state index in [1.165, 1.54) is 7.11 Å². The highest BCUT2D eigenvalue weighted by molar-refractivity contribution is 14.1. The van der Waals surface area contributed by atoms with Crippen LogP contribution in [-0.2, 0) is 14.3 Å². The number of ether oxygens (including phenoxy) is 2. The van der Waals surface area contributed by atoms with Crippen molar-refractivity contribution in [1.29, 1.82) is 0 Å². The summed E-state index contributed by atoms with van der Waals surface area (Å²) in [5, 5.41) is 0. The molecule has 0 spiro atoms. The summed E-state index contributed by atoms with van der Waals surface area (Å²) in [6, 6.07) is 0. The molecule has 1 heterocycles. The number of hydrogen-bond donors (Lipinski definition) is 0. The third kappa shape index (κ3) is 4.22. The van der Waals surface area contributed by atoms with Crippen LogP contribution in [0.1, 0.15) is 33.6 Å². The van der Waals surface area contributed by atoms with Crippen molar-refractivity contribution in [1.82, 2.24) is 4.90 Å². The van der Waals surface area contributed by atoms with Gasteiger partial charge in [0.25, 0.3) is 0 Å². The summed E-state index contributed by atoms with van der Waals surface area (Å²) in [5.41, 5.74) is -0.939. The first-order valence-electron chi connectivity index (χ1n) is 6.36. The van der Waals surface area contributed by atoms with Gasteiger partial charge in [-0.1, -0.05) is 22.6 Å². The van der Waals surface area contributed by atoms with Crippen molar-refractivity contribution >= 4 is 34.7 Å². The Morgan fingerprint density at radius 3 is 2.16 bits per heavy atom. The van der Waals surface area contributed by atoms with Gasteiger partial charge < -0.3 is 14.4 Å². The fraction of sp³-hybridized carbons (Fsp3) is 0.846. The smallest absolute Gasteiger partial charge is 0.410 e. The predicted octanol–water partition coefficient (Wildman–Crippen LogP) is 2.61. The molecule has 1 saturated heterocycles. The third-order valence-electron chi connectivity index (χ3n) is 3.25. The number of alkyl halides is 1. The Morgan fingerprint density at radius 1 is 1.26 bits per heavy atom. The van der Waals surface area contributed by atoms with Gasteiger partial charge in [0.2, 0.25) is 0 Å². The van der Waals surface area contributed by atoms with E-state index in [0.717, 1.165) is 0 Å². The van der Waals surface area contributed by atoms with Gasteiger partial charge in [-0.15, -0.1) is 0 Å². The Hall–Kier alpha value is -0.530. The molecule has 0 atom stereocenters. The molecule has 0 unspecified atom stereocenters. The summed E-state index contributed by atoms with van der Waals surface area (Å²) in [6.07, 6.45) is 0.948. The van der Waals surface area contributed by atoms with Gasteiger partial charge in [-0.25, -0.2) is 4.79 Å². The zero-order chi connectivity index (χ0) is 14.7. The zero-order valence-electron chi connectivity index (χ0n) is 12.0. The average Bonchev–Trinajstić information content (AvgIpc) is 2.35. The lowest BCUT2D eigenvalue weighted by atomic mass is 9.80. The van der Waals surface area contributed by atoms with E-state index in [2.05, 4.69) is 22.6 Å². The Kier molecular flexibility index (Phi) is 5.46. The number of carbonyl (C=O) groups is 2. The molecular formula is C13H22INO4. The van der Waals surface area contributed by atoms with E-state index in [1.54, 1.807) is 4.90 Å². The lowest BCUT2D eigenvalue weighted by Gasteiger charge is -2.38. The SMILES string of the molecule is COC(=O)C1(CI)CCN(C(=O)OC(C)(C)C)CC1. The van der Waals surface area contributed by atoms with Crippen LogP contribution < -0.4 is 0 Å². The Bertz CT molecular complexity index is 343. The van der Waals surface area contributed by atoms with Crippen LogP contribution in [0, 0.1) is 5.41 Å². The molecule has 1 rings (SSSR count). The predicted molar refractivity (Wildman–Crippen MR) is 80.4 cm³/mol. The van der Waals surface area contributed by atoms with Crippen LogP contribution >= 0.6 is 22.6 Å². The van der Waals surface area contributed by atoms with Gasteiger partial charge in [-0.05, 0) is 33.6 Å². The summed E-state index contributed by atoms with van der Waals surface area (Å²) in [4.78, 5) is 25.5. The maximum Gasteiger partial charge on any atom is 0.410 e. The maximum absolute atomic E-state index is 11.9. The molecule has 110 valence electrons. The first-order valence-corrected chi connectivity index (χ1v) is 7.89. The Balaban J connectivity index is 2.61. The van der Waals surface area contributed by atoms with Crippen LogP contribution in [0.4, 0.5) is 4.79 Å². The van der Waals surface area contributed by atoms with Gasteiger partial charge in [0, 0.05) is 17.5 Å². The number of piperidine rings is 1. The van der Waals surface area contributed by atoms with E-state index < -0.39 is 11.0 Å². The number of halogens is 1. The quantitative estimate of drug-likeness (QED) is 0.418. The lowest BCUT2D eigenvalue weighted by molar-refractivity contribution is -0.153. The van der Waals surface area contributed by atoms with Crippen molar-refractivity contribution < 1.29 is 19.1 Å². The fourth-order valence-electron chi connectivity index (χ4n) is 2.05. The summed E-state index contributed by atoms with van der Waals surface area (Å²) in [7, 11) is 1.41. The largest absolute Gasteiger partial charge is 0.469 e. The monoisotopic (exact) mass is 383 g/mol. The van der Waals surface area contributed by atoms with Gasteiger partial charge >= 0.3 is 12.1 Å². The normalized spacial score (nSPS) is 18.9. The molecule has 6 heteroatoms. The van der Waals surface area contributed by atoms with E-state index in [9.17, 15) is 9.59 Å². The number of methoxy groups -OCH3 is 1. The number of hydrogen-bond acceptors (Lipinski definition) is 4. The second-order valence-corrected chi connectivity index (χ2v) is 6.64. The molecule has 0 bridgehead atoms. The van der Waals surface area contributed by atoms with Gasteiger partial charge in [-0.2, -0.15) is 0 Å². The molecule has 19 heavy (non-hydrogen) atoms. The van der Waals surface area contributed by atoms with Gasteiger partial charge in [0.05, 0.1) is 12.5 Å². The number of nitrogens with zero attached hydrogens (tertiary/aromatic N) is 1. The minimum Gasteiger partial charge on any atom is -0.469 e. The van der Waals surface area contributed by atoms with E-state index in [-0.39, 0.29) is 12.1 Å². The van der Waals surface area contributed by atoms with Crippen molar-refractivity contribution in [3.8, 4) is 0 Å². The molecule has 1 aliphatic heterocycles. The molecule has 1 aliphatic rings. The molecule has 0 aromatic carbocycles. The molecule has 1 amide bonds. The van der Waals surface area contributed by atoms with Crippen molar-refractivity contribution in [2.45, 2.75) is 39.2 Å². The highest BCUT2D eigenvalue weighted by atomic mass is 127. The van der Waals surface area contributed by atoms with Crippen molar-refractivity contribution in [2.24, 2.45) is 5.41 Å². The molecule has 0 aromatic heterocycles. The van der Waals surface area contributed by atoms with Gasteiger partial charge in [-0.3, -0.25) is 4.79 Å². The molecular weight excluding hydrogens is 361 g/mol. The van der Waals surface area contributed by atoms with E-state index in [4.69, 9.17) is 9.47 Å². The number of likely N-dealkylation sites (tertiary alicyclic amines) is 1. The molecule has 0 aliphatic carbocycles. The Labute approximate surface area is 128 Å². The first-order chi connectivity index (χ1) is 8.74. The minimum absolute atomic E-state index is 0.175. The van der Waals surface area contributed by atoms with Crippen LogP contribution in [0.2, 0.25) is 0 Å². The average molecular weight is 383 g/mol. The summed E-state index contributed by atoms with van der Waals surface area (Å²) >= 11 is 2.21. The lowest BCUT2D eigenvalue weighted by Crippen LogP contribution is -2.49. The van der Waals surface area contributed by atoms with E-state index >= 15 is 0 Å². The van der Waals surface area contributed by atoms with E-state index in [1.807, 2.05) is 20.8 Å². The number of carbonyl (C=O) groups excluding carboxylic acids is 2. The first kappa shape index (κ1) is 16.5. The zero-order valence-corrected chi connectivity index (χ0v) is 14.2. The molecule has 5 nitrogen and oxygen atoms in total. The van der Waals surface area contributed by atoms with Crippen LogP contribution in [0.25, 0.3) is 0 Å². The minimum atomic E-state index is -0.489. The van der Waals surface area contributed by atoms with Crippen molar-refractivity contribution in [3.05, 3.63) is 0 Å².